The van der Waals surface area contributed by atoms with Crippen LogP contribution in [0.15, 0.2) is 41.8 Å². The number of methoxy groups -OCH3 is 1. The Labute approximate surface area is 175 Å². The third kappa shape index (κ3) is 4.37. The van der Waals surface area contributed by atoms with Crippen molar-refractivity contribution in [2.45, 2.75) is 6.42 Å². The fourth-order valence-electron chi connectivity index (χ4n) is 3.60. The Kier molecular flexibility index (Phi) is 6.25. The minimum atomic E-state index is 0.691. The van der Waals surface area contributed by atoms with Gasteiger partial charge in [-0.05, 0) is 42.8 Å². The second-order valence-corrected chi connectivity index (χ2v) is 8.22. The Bertz CT molecular complexity index is 922. The Balaban J connectivity index is 1.24. The summed E-state index contributed by atoms with van der Waals surface area (Å²) in [6.45, 7) is 6.00. The minimum Gasteiger partial charge on any atom is -0.493 e. The molecule has 1 radical (unpaired) electrons. The highest BCUT2D eigenvalue weighted by atomic mass is 35.5. The first-order chi connectivity index (χ1) is 13.7. The first-order valence-corrected chi connectivity index (χ1v) is 10.8. The normalized spacial score (nSPS) is 15.1. The number of rotatable bonds is 7. The summed E-state index contributed by atoms with van der Waals surface area (Å²) in [5.41, 5.74) is 1.34. The molecule has 147 valence electrons. The lowest BCUT2D eigenvalue weighted by atomic mass is 10.2. The molecular formula is C22H24ClN2O2S. The van der Waals surface area contributed by atoms with Gasteiger partial charge in [0.1, 0.15) is 0 Å². The zero-order chi connectivity index (χ0) is 19.3. The van der Waals surface area contributed by atoms with Crippen molar-refractivity contribution >= 4 is 38.7 Å². The first kappa shape index (κ1) is 19.4. The summed E-state index contributed by atoms with van der Waals surface area (Å²) in [5, 5.41) is 4.37. The molecule has 0 aliphatic carbocycles. The van der Waals surface area contributed by atoms with E-state index in [1.54, 1.807) is 24.5 Å². The van der Waals surface area contributed by atoms with Gasteiger partial charge in [-0.1, -0.05) is 17.7 Å². The van der Waals surface area contributed by atoms with Crippen LogP contribution in [-0.4, -0.2) is 51.3 Å². The molecule has 4 nitrogen and oxygen atoms in total. The van der Waals surface area contributed by atoms with Crippen LogP contribution in [0.25, 0.3) is 10.1 Å². The molecule has 0 amide bonds. The fourth-order valence-corrected chi connectivity index (χ4v) is 4.84. The monoisotopic (exact) mass is 415 g/mol. The van der Waals surface area contributed by atoms with Gasteiger partial charge in [0.25, 0.3) is 0 Å². The van der Waals surface area contributed by atoms with Crippen LogP contribution in [0.3, 0.4) is 0 Å². The van der Waals surface area contributed by atoms with Crippen molar-refractivity contribution in [1.82, 2.24) is 4.90 Å². The molecular weight excluding hydrogens is 392 g/mol. The second kappa shape index (κ2) is 9.03. The third-order valence-corrected chi connectivity index (χ3v) is 6.28. The summed E-state index contributed by atoms with van der Waals surface area (Å²) in [4.78, 5) is 5.01. The highest BCUT2D eigenvalue weighted by Gasteiger charge is 2.19. The lowest BCUT2D eigenvalue weighted by Gasteiger charge is -2.35. The highest BCUT2D eigenvalue weighted by Crippen LogP contribution is 2.35. The maximum absolute atomic E-state index is 6.12. The number of hydrogen-bond donors (Lipinski definition) is 0. The van der Waals surface area contributed by atoms with Gasteiger partial charge in [-0.25, -0.2) is 0 Å². The molecule has 2 aromatic carbocycles. The van der Waals surface area contributed by atoms with Crippen LogP contribution in [0.4, 0.5) is 5.69 Å². The van der Waals surface area contributed by atoms with Crippen molar-refractivity contribution in [2.24, 2.45) is 0 Å². The van der Waals surface area contributed by atoms with Crippen LogP contribution in [-0.2, 0) is 0 Å². The van der Waals surface area contributed by atoms with Gasteiger partial charge >= 0.3 is 0 Å². The van der Waals surface area contributed by atoms with Crippen LogP contribution in [0, 0.1) is 6.07 Å². The predicted molar refractivity (Wildman–Crippen MR) is 117 cm³/mol. The maximum Gasteiger partial charge on any atom is 0.161 e. The number of fused-ring (bicyclic) bond motifs is 1. The van der Waals surface area contributed by atoms with E-state index in [0.717, 1.165) is 55.7 Å². The number of thiophene rings is 1. The average molecular weight is 416 g/mol. The van der Waals surface area contributed by atoms with Gasteiger partial charge in [-0.3, -0.25) is 4.90 Å². The number of benzene rings is 2. The summed E-state index contributed by atoms with van der Waals surface area (Å²) in [6.07, 6.45) is 1.00. The van der Waals surface area contributed by atoms with E-state index < -0.39 is 0 Å². The molecule has 0 spiro atoms. The van der Waals surface area contributed by atoms with E-state index >= 15 is 0 Å². The lowest BCUT2D eigenvalue weighted by molar-refractivity contribution is 0.221. The standard InChI is InChI=1S/C22H24ClN2O2S/c1-26-20-5-2-3-6-21(20)27-14-4-9-24-10-12-25(13-11-24)19-16-28-22-15-17(23)7-8-18(19)22/h3,5-8,15-16H,4,9-14H2,1H3. The molecule has 0 N–H and O–H groups in total. The smallest absolute Gasteiger partial charge is 0.161 e. The number of anilines is 1. The molecule has 0 unspecified atom stereocenters. The summed E-state index contributed by atoms with van der Waals surface area (Å²) in [7, 11) is 1.65. The van der Waals surface area contributed by atoms with Crippen molar-refractivity contribution in [3.8, 4) is 11.5 Å². The van der Waals surface area contributed by atoms with Crippen molar-refractivity contribution in [3.63, 3.8) is 0 Å². The molecule has 4 rings (SSSR count). The Morgan fingerprint density at radius 1 is 1.14 bits per heavy atom. The van der Waals surface area contributed by atoms with Crippen LogP contribution in [0.5, 0.6) is 11.5 Å². The van der Waals surface area contributed by atoms with Gasteiger partial charge in [-0.15, -0.1) is 11.3 Å². The zero-order valence-corrected chi connectivity index (χ0v) is 17.6. The fraction of sp³-hybridized carbons (Fsp3) is 0.364. The Hall–Kier alpha value is -1.95. The number of hydrogen-bond acceptors (Lipinski definition) is 5. The van der Waals surface area contributed by atoms with Crippen molar-refractivity contribution < 1.29 is 9.47 Å². The lowest BCUT2D eigenvalue weighted by Crippen LogP contribution is -2.46. The molecule has 1 aromatic heterocycles. The molecule has 28 heavy (non-hydrogen) atoms. The molecule has 3 aromatic rings. The summed E-state index contributed by atoms with van der Waals surface area (Å²) in [5.74, 6) is 1.52. The van der Waals surface area contributed by atoms with Gasteiger partial charge in [0.05, 0.1) is 19.4 Å². The van der Waals surface area contributed by atoms with Crippen LogP contribution in [0.1, 0.15) is 6.42 Å². The van der Waals surface area contributed by atoms with E-state index in [1.165, 1.54) is 15.8 Å². The van der Waals surface area contributed by atoms with E-state index in [2.05, 4.69) is 33.4 Å². The van der Waals surface area contributed by atoms with Gasteiger partial charge in [0, 0.05) is 53.2 Å². The number of piperazine rings is 1. The Morgan fingerprint density at radius 3 is 2.82 bits per heavy atom. The third-order valence-electron chi connectivity index (χ3n) is 5.11. The molecule has 0 bridgehead atoms. The van der Waals surface area contributed by atoms with E-state index in [9.17, 15) is 0 Å². The average Bonchev–Trinajstić information content (AvgIpc) is 3.15. The van der Waals surface area contributed by atoms with E-state index in [-0.39, 0.29) is 0 Å². The summed E-state index contributed by atoms with van der Waals surface area (Å²) < 4.78 is 12.4. The van der Waals surface area contributed by atoms with Crippen molar-refractivity contribution in [3.05, 3.63) is 52.9 Å². The quantitative estimate of drug-likeness (QED) is 0.509. The molecule has 2 heterocycles. The minimum absolute atomic E-state index is 0.691. The topological polar surface area (TPSA) is 24.9 Å². The Morgan fingerprint density at radius 2 is 2.00 bits per heavy atom. The van der Waals surface area contributed by atoms with E-state index in [1.807, 2.05) is 18.2 Å². The molecule has 1 saturated heterocycles. The largest absolute Gasteiger partial charge is 0.493 e. The molecule has 0 atom stereocenters. The van der Waals surface area contributed by atoms with Gasteiger partial charge < -0.3 is 14.4 Å². The number of ether oxygens (including phenoxy) is 2. The molecule has 1 fully saturated rings. The van der Waals surface area contributed by atoms with Gasteiger partial charge in [0.2, 0.25) is 0 Å². The van der Waals surface area contributed by atoms with Crippen molar-refractivity contribution in [2.75, 3.05) is 51.3 Å². The maximum atomic E-state index is 6.12. The zero-order valence-electron chi connectivity index (χ0n) is 16.0. The first-order valence-electron chi connectivity index (χ1n) is 9.55. The van der Waals surface area contributed by atoms with E-state index in [0.29, 0.717) is 6.61 Å². The molecule has 0 saturated carbocycles. The van der Waals surface area contributed by atoms with E-state index in [4.69, 9.17) is 21.1 Å². The number of nitrogens with zero attached hydrogens (tertiary/aromatic N) is 2. The van der Waals surface area contributed by atoms with Gasteiger partial charge in [-0.2, -0.15) is 0 Å². The molecule has 1 aliphatic heterocycles. The van der Waals surface area contributed by atoms with Crippen LogP contribution in [0.2, 0.25) is 5.02 Å². The summed E-state index contributed by atoms with van der Waals surface area (Å²) in [6, 6.07) is 14.7. The molecule has 6 heteroatoms. The van der Waals surface area contributed by atoms with Crippen LogP contribution < -0.4 is 14.4 Å². The predicted octanol–water partition coefficient (Wildman–Crippen LogP) is 4.95. The SMILES string of the molecule is COc1c[c]ccc1OCCCN1CCN(c2csc3cc(Cl)ccc23)CC1. The second-order valence-electron chi connectivity index (χ2n) is 6.87. The van der Waals surface area contributed by atoms with Crippen molar-refractivity contribution in [1.29, 1.82) is 0 Å². The van der Waals surface area contributed by atoms with Crippen LogP contribution >= 0.6 is 22.9 Å². The summed E-state index contributed by atoms with van der Waals surface area (Å²) >= 11 is 7.89. The number of halogens is 1. The molecule has 1 aliphatic rings. The van der Waals surface area contributed by atoms with Gasteiger partial charge in [0.15, 0.2) is 11.5 Å². The highest BCUT2D eigenvalue weighted by molar-refractivity contribution is 7.17.